The van der Waals surface area contributed by atoms with Crippen LogP contribution in [0.3, 0.4) is 0 Å². The molecule has 0 saturated carbocycles. The number of aliphatic imine (C=N–C) groups is 1. The number of nitrogens with zero attached hydrogens (tertiary/aromatic N) is 3. The smallest absolute Gasteiger partial charge is 0.248 e. The van der Waals surface area contributed by atoms with Crippen LogP contribution in [-0.4, -0.2) is 66.1 Å². The molecule has 0 radical (unpaired) electrons. The minimum absolute atomic E-state index is 0.0249. The fourth-order valence-electron chi connectivity index (χ4n) is 4.40. The summed E-state index contributed by atoms with van der Waals surface area (Å²) in [6.07, 6.45) is 1.60. The minimum Gasteiger partial charge on any atom is -0.494 e. The molecule has 3 aromatic carbocycles. The van der Waals surface area contributed by atoms with Gasteiger partial charge in [-0.2, -0.15) is 0 Å². The van der Waals surface area contributed by atoms with Gasteiger partial charge in [-0.15, -0.1) is 0 Å². The molecule has 0 unspecified atom stereocenters. The van der Waals surface area contributed by atoms with Crippen molar-refractivity contribution in [1.29, 1.82) is 0 Å². The number of nitrogens with one attached hydrogen (secondary N) is 1. The molecule has 5 rings (SSSR count). The summed E-state index contributed by atoms with van der Waals surface area (Å²) in [5.41, 5.74) is 9.51. The van der Waals surface area contributed by atoms with Crippen LogP contribution in [0.25, 0.3) is 10.9 Å². The number of nitrogens with two attached hydrogens (primary N) is 1. The van der Waals surface area contributed by atoms with E-state index in [-0.39, 0.29) is 17.2 Å². The molecule has 0 bridgehead atoms. The van der Waals surface area contributed by atoms with Gasteiger partial charge in [-0.1, -0.05) is 12.1 Å². The first-order chi connectivity index (χ1) is 17.4. The number of primary amides is 1. The van der Waals surface area contributed by atoms with Crippen molar-refractivity contribution in [1.82, 2.24) is 9.88 Å². The molecule has 0 spiro atoms. The largest absolute Gasteiger partial charge is 0.494 e. The lowest BCUT2D eigenvalue weighted by Crippen LogP contribution is -2.44. The number of hydrogen-bond acceptors (Lipinski definition) is 6. The van der Waals surface area contributed by atoms with Gasteiger partial charge in [0.2, 0.25) is 5.91 Å². The molecule has 182 valence electrons. The first kappa shape index (κ1) is 23.3. The molecule has 1 aliphatic rings. The van der Waals surface area contributed by atoms with E-state index in [1.54, 1.807) is 42.6 Å². The van der Waals surface area contributed by atoms with Crippen molar-refractivity contribution in [3.8, 4) is 5.88 Å². The van der Waals surface area contributed by atoms with Crippen LogP contribution >= 0.6 is 0 Å². The van der Waals surface area contributed by atoms with E-state index in [9.17, 15) is 14.7 Å². The van der Waals surface area contributed by atoms with Gasteiger partial charge in [-0.3, -0.25) is 14.6 Å². The average molecular weight is 482 g/mol. The number of fused-ring (bicyclic) bond motifs is 1. The number of aromatic hydroxyl groups is 1. The number of hydrogen-bond donors (Lipinski definition) is 3. The van der Waals surface area contributed by atoms with Crippen molar-refractivity contribution in [2.45, 2.75) is 0 Å². The van der Waals surface area contributed by atoms with Gasteiger partial charge in [0, 0.05) is 65.7 Å². The first-order valence-electron chi connectivity index (χ1n) is 11.8. The Kier molecular flexibility index (Phi) is 6.26. The van der Waals surface area contributed by atoms with Crippen LogP contribution in [0, 0.1) is 0 Å². The van der Waals surface area contributed by atoms with E-state index < -0.39 is 5.91 Å². The molecule has 36 heavy (non-hydrogen) atoms. The highest BCUT2D eigenvalue weighted by atomic mass is 16.3. The summed E-state index contributed by atoms with van der Waals surface area (Å²) in [6, 6.07) is 19.5. The van der Waals surface area contributed by atoms with Crippen molar-refractivity contribution in [2.75, 3.05) is 38.1 Å². The number of benzene rings is 3. The molecule has 1 fully saturated rings. The Bertz CT molecular complexity index is 1460. The van der Waals surface area contributed by atoms with Crippen molar-refractivity contribution in [2.24, 2.45) is 10.7 Å². The maximum Gasteiger partial charge on any atom is 0.248 e. The van der Waals surface area contributed by atoms with Crippen molar-refractivity contribution in [3.05, 3.63) is 89.0 Å². The number of H-pyrrole nitrogens is 1. The normalized spacial score (nSPS) is 14.5. The van der Waals surface area contributed by atoms with Gasteiger partial charge in [0.05, 0.1) is 11.3 Å². The third-order valence-corrected chi connectivity index (χ3v) is 6.55. The molecular weight excluding hydrogens is 454 g/mol. The number of rotatable bonds is 6. The lowest BCUT2D eigenvalue weighted by Gasteiger charge is -2.34. The fourth-order valence-corrected chi connectivity index (χ4v) is 4.40. The fraction of sp³-hybridized carbons (Fsp3) is 0.179. The lowest BCUT2D eigenvalue weighted by molar-refractivity contribution is 0.1000. The summed E-state index contributed by atoms with van der Waals surface area (Å²) in [4.78, 5) is 36.7. The molecule has 0 atom stereocenters. The summed E-state index contributed by atoms with van der Waals surface area (Å²) in [5.74, 6) is -0.864. The number of aromatic amines is 1. The maximum atomic E-state index is 13.1. The van der Waals surface area contributed by atoms with E-state index >= 15 is 0 Å². The van der Waals surface area contributed by atoms with Crippen LogP contribution in [-0.2, 0) is 0 Å². The van der Waals surface area contributed by atoms with Crippen LogP contribution in [0.1, 0.15) is 31.8 Å². The molecule has 1 aromatic heterocycles. The molecule has 1 saturated heterocycles. The Morgan fingerprint density at radius 2 is 1.64 bits per heavy atom. The van der Waals surface area contributed by atoms with Crippen molar-refractivity contribution >= 4 is 40.2 Å². The van der Waals surface area contributed by atoms with Crippen LogP contribution in [0.4, 0.5) is 11.4 Å². The van der Waals surface area contributed by atoms with Gasteiger partial charge in [-0.05, 0) is 61.6 Å². The number of amides is 1. The van der Waals surface area contributed by atoms with Gasteiger partial charge >= 0.3 is 0 Å². The predicted molar refractivity (Wildman–Crippen MR) is 142 cm³/mol. The molecule has 8 heteroatoms. The van der Waals surface area contributed by atoms with E-state index in [4.69, 9.17) is 5.73 Å². The number of piperazine rings is 1. The summed E-state index contributed by atoms with van der Waals surface area (Å²) in [6.45, 7) is 4.08. The summed E-state index contributed by atoms with van der Waals surface area (Å²) >= 11 is 0. The molecule has 4 aromatic rings. The molecule has 1 aliphatic heterocycles. The molecule has 0 aliphatic carbocycles. The number of likely N-dealkylation sites (N-methyl/N-ethyl adjacent to an activating group) is 1. The Hall–Kier alpha value is -4.43. The Morgan fingerprint density at radius 1 is 0.944 bits per heavy atom. The Labute approximate surface area is 208 Å². The number of carbonyl (C=O) groups is 2. The predicted octanol–water partition coefficient (Wildman–Crippen LogP) is 3.71. The van der Waals surface area contributed by atoms with Crippen LogP contribution < -0.4 is 10.6 Å². The quantitative estimate of drug-likeness (QED) is 0.287. The van der Waals surface area contributed by atoms with E-state index in [0.29, 0.717) is 27.6 Å². The van der Waals surface area contributed by atoms with Gasteiger partial charge < -0.3 is 25.6 Å². The Balaban J connectivity index is 1.39. The first-order valence-corrected chi connectivity index (χ1v) is 11.8. The standard InChI is InChI=1S/C28H27N5O3/c1-32-11-13-33(14-12-32)22-8-6-21(7-9-22)30-17-24-23-16-19(5-10-25(23)31-28(24)36)26(34)18-3-2-4-20(15-18)27(29)35/h2-10,15-17,31,36H,11-14H2,1H3,(H2,29,35). The highest BCUT2D eigenvalue weighted by Gasteiger charge is 2.16. The number of aromatic nitrogens is 1. The van der Waals surface area contributed by atoms with Gasteiger partial charge in [0.25, 0.3) is 0 Å². The highest BCUT2D eigenvalue weighted by Crippen LogP contribution is 2.29. The SMILES string of the molecule is CN1CCN(c2ccc(N=Cc3c(O)[nH]c4ccc(C(=O)c5cccc(C(N)=O)c5)cc34)cc2)CC1. The van der Waals surface area contributed by atoms with Crippen LogP contribution in [0.5, 0.6) is 5.88 Å². The van der Waals surface area contributed by atoms with E-state index in [0.717, 1.165) is 31.9 Å². The second kappa shape index (κ2) is 9.67. The monoisotopic (exact) mass is 481 g/mol. The molecule has 4 N–H and O–H groups in total. The second-order valence-electron chi connectivity index (χ2n) is 8.99. The zero-order chi connectivity index (χ0) is 25.2. The summed E-state index contributed by atoms with van der Waals surface area (Å²) in [5, 5.41) is 11.2. The van der Waals surface area contributed by atoms with Gasteiger partial charge in [0.15, 0.2) is 11.7 Å². The van der Waals surface area contributed by atoms with E-state index in [1.807, 2.05) is 12.1 Å². The zero-order valence-electron chi connectivity index (χ0n) is 19.9. The second-order valence-corrected chi connectivity index (χ2v) is 8.99. The maximum absolute atomic E-state index is 13.1. The lowest BCUT2D eigenvalue weighted by atomic mass is 9.99. The van der Waals surface area contributed by atoms with Crippen LogP contribution in [0.15, 0.2) is 71.7 Å². The number of carbonyl (C=O) groups excluding carboxylic acids is 2. The number of ketones is 1. The molecule has 2 heterocycles. The van der Waals surface area contributed by atoms with Crippen LogP contribution in [0.2, 0.25) is 0 Å². The third-order valence-electron chi connectivity index (χ3n) is 6.55. The highest BCUT2D eigenvalue weighted by molar-refractivity contribution is 6.13. The number of anilines is 1. The van der Waals surface area contributed by atoms with Crippen molar-refractivity contribution in [3.63, 3.8) is 0 Å². The molecule has 1 amide bonds. The van der Waals surface area contributed by atoms with Crippen molar-refractivity contribution < 1.29 is 14.7 Å². The zero-order valence-corrected chi connectivity index (χ0v) is 19.9. The molecule has 8 nitrogen and oxygen atoms in total. The third kappa shape index (κ3) is 4.71. The van der Waals surface area contributed by atoms with Gasteiger partial charge in [0.1, 0.15) is 0 Å². The van der Waals surface area contributed by atoms with E-state index in [2.05, 4.69) is 39.0 Å². The minimum atomic E-state index is -0.592. The van der Waals surface area contributed by atoms with Gasteiger partial charge in [-0.25, -0.2) is 0 Å². The molecular formula is C28H27N5O3. The Morgan fingerprint density at radius 3 is 2.36 bits per heavy atom. The average Bonchev–Trinajstić information content (AvgIpc) is 3.22. The summed E-state index contributed by atoms with van der Waals surface area (Å²) < 4.78 is 0. The summed E-state index contributed by atoms with van der Waals surface area (Å²) in [7, 11) is 2.13. The topological polar surface area (TPSA) is 115 Å². The van der Waals surface area contributed by atoms with E-state index in [1.165, 1.54) is 11.8 Å².